The van der Waals surface area contributed by atoms with Crippen LogP contribution in [0.1, 0.15) is 48.8 Å². The van der Waals surface area contributed by atoms with Crippen LogP contribution < -0.4 is 10.6 Å². The Bertz CT molecular complexity index is 931. The van der Waals surface area contributed by atoms with Gasteiger partial charge < -0.3 is 15.7 Å². The van der Waals surface area contributed by atoms with Gasteiger partial charge in [-0.1, -0.05) is 12.8 Å². The van der Waals surface area contributed by atoms with E-state index >= 15 is 0 Å². The van der Waals surface area contributed by atoms with Crippen molar-refractivity contribution in [2.24, 2.45) is 18.9 Å². The number of hydrogen-bond donors (Lipinski definition) is 3. The van der Waals surface area contributed by atoms with E-state index in [1.54, 1.807) is 17.9 Å². The molecule has 2 atom stereocenters. The predicted molar refractivity (Wildman–Crippen MR) is 106 cm³/mol. The number of carboxylic acids is 1. The van der Waals surface area contributed by atoms with E-state index in [9.17, 15) is 19.5 Å². The monoisotopic (exact) mass is 402 g/mol. The number of aliphatic carboxylic acids is 1. The molecule has 0 radical (unpaired) electrons. The van der Waals surface area contributed by atoms with Gasteiger partial charge in [-0.2, -0.15) is 10.2 Å². The van der Waals surface area contributed by atoms with E-state index < -0.39 is 23.7 Å². The molecule has 1 aliphatic rings. The molecule has 2 heterocycles. The molecular formula is C19H26N6O4. The van der Waals surface area contributed by atoms with Crippen LogP contribution in [-0.2, 0) is 23.2 Å². The highest BCUT2D eigenvalue weighted by atomic mass is 16.4. The first kappa shape index (κ1) is 20.6. The number of carbonyl (C=O) groups excluding carboxylic acids is 2. The second kappa shape index (κ2) is 8.46. The molecule has 0 saturated heterocycles. The molecule has 1 fully saturated rings. The minimum atomic E-state index is -0.959. The Morgan fingerprint density at radius 2 is 1.76 bits per heavy atom. The fraction of sp³-hybridized carbons (Fsp3) is 0.526. The minimum Gasteiger partial charge on any atom is -0.481 e. The first-order valence-electron chi connectivity index (χ1n) is 9.72. The largest absolute Gasteiger partial charge is 0.481 e. The van der Waals surface area contributed by atoms with Crippen molar-refractivity contribution in [3.63, 3.8) is 0 Å². The number of nitrogens with zero attached hydrogens (tertiary/aromatic N) is 4. The van der Waals surface area contributed by atoms with Gasteiger partial charge in [-0.25, -0.2) is 0 Å². The van der Waals surface area contributed by atoms with Gasteiger partial charge in [0, 0.05) is 13.6 Å². The number of carboxylic acid groups (broad SMARTS) is 1. The van der Waals surface area contributed by atoms with E-state index in [1.165, 1.54) is 10.9 Å². The standard InChI is InChI=1S/C19H26N6O4/c1-4-25-16(18(27)22-14-9-20-24(3)11(14)2)15(10-21-25)23-17(26)12-7-5-6-8-13(12)19(28)29/h9-10,12-13H,4-8H2,1-3H3,(H,22,27)(H,23,26)(H,28,29)/t12-,13-/m1/s1. The van der Waals surface area contributed by atoms with Crippen LogP contribution in [0.2, 0.25) is 0 Å². The van der Waals surface area contributed by atoms with Crippen molar-refractivity contribution in [2.75, 3.05) is 10.6 Å². The Labute approximate surface area is 168 Å². The summed E-state index contributed by atoms with van der Waals surface area (Å²) in [7, 11) is 1.77. The summed E-state index contributed by atoms with van der Waals surface area (Å²) in [6.45, 7) is 4.11. The van der Waals surface area contributed by atoms with Crippen molar-refractivity contribution in [2.45, 2.75) is 46.1 Å². The summed E-state index contributed by atoms with van der Waals surface area (Å²) in [4.78, 5) is 37.2. The van der Waals surface area contributed by atoms with Crippen LogP contribution in [0, 0.1) is 18.8 Å². The zero-order chi connectivity index (χ0) is 21.1. The summed E-state index contributed by atoms with van der Waals surface area (Å²) in [5.74, 6) is -3.10. The number of rotatable bonds is 6. The number of nitrogens with one attached hydrogen (secondary N) is 2. The third kappa shape index (κ3) is 4.15. The van der Waals surface area contributed by atoms with Gasteiger partial charge in [0.15, 0.2) is 0 Å². The van der Waals surface area contributed by atoms with Gasteiger partial charge in [-0.05, 0) is 26.7 Å². The summed E-state index contributed by atoms with van der Waals surface area (Å²) >= 11 is 0. The number of aryl methyl sites for hydroxylation is 2. The number of amides is 2. The molecule has 1 aliphatic carbocycles. The molecule has 1 saturated carbocycles. The highest BCUT2D eigenvalue weighted by Gasteiger charge is 2.36. The molecule has 0 aromatic carbocycles. The summed E-state index contributed by atoms with van der Waals surface area (Å²) in [5, 5.41) is 23.3. The number of anilines is 2. The molecule has 3 rings (SSSR count). The molecule has 2 aromatic rings. The lowest BCUT2D eigenvalue weighted by molar-refractivity contribution is -0.147. The SMILES string of the molecule is CCn1ncc(NC(=O)[C@@H]2CCCC[C@H]2C(=O)O)c1C(=O)Nc1cnn(C)c1C. The van der Waals surface area contributed by atoms with E-state index in [0.29, 0.717) is 25.1 Å². The maximum Gasteiger partial charge on any atom is 0.307 e. The molecule has 2 amide bonds. The molecule has 10 nitrogen and oxygen atoms in total. The average molecular weight is 402 g/mol. The van der Waals surface area contributed by atoms with Gasteiger partial charge in [-0.3, -0.25) is 23.7 Å². The van der Waals surface area contributed by atoms with E-state index in [1.807, 2.05) is 13.8 Å². The highest BCUT2D eigenvalue weighted by molar-refractivity contribution is 6.09. The Balaban J connectivity index is 1.82. The Morgan fingerprint density at radius 3 is 2.34 bits per heavy atom. The van der Waals surface area contributed by atoms with Crippen LogP contribution in [-0.4, -0.2) is 42.5 Å². The fourth-order valence-corrected chi connectivity index (χ4v) is 3.72. The highest BCUT2D eigenvalue weighted by Crippen LogP contribution is 2.31. The molecule has 10 heteroatoms. The van der Waals surface area contributed by atoms with Gasteiger partial charge in [0.1, 0.15) is 5.69 Å². The van der Waals surface area contributed by atoms with Gasteiger partial charge in [-0.15, -0.1) is 0 Å². The van der Waals surface area contributed by atoms with Crippen LogP contribution in [0.3, 0.4) is 0 Å². The summed E-state index contributed by atoms with van der Waals surface area (Å²) in [6, 6.07) is 0. The topological polar surface area (TPSA) is 131 Å². The van der Waals surface area contributed by atoms with Gasteiger partial charge in [0.05, 0.1) is 41.3 Å². The lowest BCUT2D eigenvalue weighted by atomic mass is 9.78. The van der Waals surface area contributed by atoms with Gasteiger partial charge >= 0.3 is 5.97 Å². The van der Waals surface area contributed by atoms with Crippen molar-refractivity contribution < 1.29 is 19.5 Å². The molecular weight excluding hydrogens is 376 g/mol. The molecule has 29 heavy (non-hydrogen) atoms. The fourth-order valence-electron chi connectivity index (χ4n) is 3.72. The molecule has 0 aliphatic heterocycles. The van der Waals surface area contributed by atoms with Crippen LogP contribution in [0.5, 0.6) is 0 Å². The normalized spacial score (nSPS) is 19.0. The van der Waals surface area contributed by atoms with Crippen LogP contribution >= 0.6 is 0 Å². The predicted octanol–water partition coefficient (Wildman–Crippen LogP) is 2.03. The van der Waals surface area contributed by atoms with Crippen molar-refractivity contribution in [3.05, 3.63) is 23.8 Å². The maximum atomic E-state index is 12.9. The van der Waals surface area contributed by atoms with Crippen LogP contribution in [0.25, 0.3) is 0 Å². The van der Waals surface area contributed by atoms with E-state index in [4.69, 9.17) is 0 Å². The van der Waals surface area contributed by atoms with E-state index in [2.05, 4.69) is 20.8 Å². The van der Waals surface area contributed by atoms with Gasteiger partial charge in [0.25, 0.3) is 5.91 Å². The van der Waals surface area contributed by atoms with Crippen molar-refractivity contribution >= 4 is 29.2 Å². The Kier molecular flexibility index (Phi) is 6.00. The molecule has 0 spiro atoms. The Hall–Kier alpha value is -3.17. The number of carbonyl (C=O) groups is 3. The van der Waals surface area contributed by atoms with E-state index in [-0.39, 0.29) is 17.3 Å². The number of hydrogen-bond acceptors (Lipinski definition) is 5. The zero-order valence-corrected chi connectivity index (χ0v) is 16.8. The van der Waals surface area contributed by atoms with Crippen molar-refractivity contribution in [3.8, 4) is 0 Å². The molecule has 3 N–H and O–H groups in total. The summed E-state index contributed by atoms with van der Waals surface area (Å²) in [6.07, 6.45) is 5.58. The van der Waals surface area contributed by atoms with Crippen LogP contribution in [0.4, 0.5) is 11.4 Å². The third-order valence-corrected chi connectivity index (χ3v) is 5.52. The first-order chi connectivity index (χ1) is 13.8. The van der Waals surface area contributed by atoms with Crippen molar-refractivity contribution in [1.82, 2.24) is 19.6 Å². The summed E-state index contributed by atoms with van der Waals surface area (Å²) < 4.78 is 3.14. The number of aromatic nitrogens is 4. The smallest absolute Gasteiger partial charge is 0.307 e. The lowest BCUT2D eigenvalue weighted by Crippen LogP contribution is -2.36. The molecule has 156 valence electrons. The zero-order valence-electron chi connectivity index (χ0n) is 16.8. The first-order valence-corrected chi connectivity index (χ1v) is 9.72. The minimum absolute atomic E-state index is 0.215. The average Bonchev–Trinajstić information content (AvgIpc) is 3.25. The van der Waals surface area contributed by atoms with E-state index in [0.717, 1.165) is 18.5 Å². The lowest BCUT2D eigenvalue weighted by Gasteiger charge is -2.27. The second-order valence-electron chi connectivity index (χ2n) is 7.27. The van der Waals surface area contributed by atoms with Crippen LogP contribution in [0.15, 0.2) is 12.4 Å². The summed E-state index contributed by atoms with van der Waals surface area (Å²) in [5.41, 5.74) is 1.84. The Morgan fingerprint density at radius 1 is 1.10 bits per heavy atom. The molecule has 0 unspecified atom stereocenters. The molecule has 0 bridgehead atoms. The maximum absolute atomic E-state index is 12.9. The van der Waals surface area contributed by atoms with Gasteiger partial charge in [0.2, 0.25) is 5.91 Å². The third-order valence-electron chi connectivity index (χ3n) is 5.52. The van der Waals surface area contributed by atoms with Crippen molar-refractivity contribution in [1.29, 1.82) is 0 Å². The second-order valence-corrected chi connectivity index (χ2v) is 7.27. The molecule has 2 aromatic heterocycles. The quantitative estimate of drug-likeness (QED) is 0.677.